The predicted octanol–water partition coefficient (Wildman–Crippen LogP) is 6.24. The van der Waals surface area contributed by atoms with Crippen LogP contribution in [0.4, 0.5) is 0 Å². The van der Waals surface area contributed by atoms with E-state index in [1.165, 1.54) is 4.68 Å². The summed E-state index contributed by atoms with van der Waals surface area (Å²) < 4.78 is 15.1. The molecule has 0 atom stereocenters. The Labute approximate surface area is 206 Å². The van der Waals surface area contributed by atoms with Crippen molar-refractivity contribution in [3.8, 4) is 17.3 Å². The van der Waals surface area contributed by atoms with E-state index in [1.54, 1.807) is 19.4 Å². The number of para-hydroxylation sites is 2. The Hall–Kier alpha value is -4.65. The second-order valence-electron chi connectivity index (χ2n) is 8.90. The normalized spacial score (nSPS) is 12.0. The van der Waals surface area contributed by atoms with Gasteiger partial charge in [0.15, 0.2) is 5.76 Å². The lowest BCUT2D eigenvalue weighted by Crippen LogP contribution is -2.20. The molecule has 0 N–H and O–H groups in total. The molecule has 0 saturated carbocycles. The summed E-state index contributed by atoms with van der Waals surface area (Å²) >= 11 is 0. The zero-order valence-corrected chi connectivity index (χ0v) is 20.2. The number of nitrogens with zero attached hydrogens (tertiary/aromatic N) is 4. The Kier molecular flexibility index (Phi) is 5.18. The molecule has 0 bridgehead atoms. The van der Waals surface area contributed by atoms with Crippen LogP contribution in [0.15, 0.2) is 93.3 Å². The fourth-order valence-electron chi connectivity index (χ4n) is 4.59. The number of aromatic nitrogens is 3. The number of benzene rings is 3. The van der Waals surface area contributed by atoms with Crippen LogP contribution in [0.5, 0.6) is 5.75 Å². The smallest absolute Gasteiger partial charge is 0.282 e. The van der Waals surface area contributed by atoms with E-state index in [0.29, 0.717) is 33.8 Å². The van der Waals surface area contributed by atoms with E-state index >= 15 is 0 Å². The quantitative estimate of drug-likeness (QED) is 0.276. The van der Waals surface area contributed by atoms with Gasteiger partial charge in [0.05, 0.1) is 29.6 Å². The Morgan fingerprint density at radius 3 is 2.56 bits per heavy atom. The molecule has 0 fully saturated rings. The summed E-state index contributed by atoms with van der Waals surface area (Å²) in [6.07, 6.45) is 3.77. The third-order valence-electron chi connectivity index (χ3n) is 6.36. The number of furan rings is 1. The molecule has 0 spiro atoms. The minimum absolute atomic E-state index is 0.271. The standard InChI is InChI=1S/C29H24N4O3/c1-18(2)32-17-19(20-9-5-7-12-24(20)32)16-30-33-28(31-23-11-6-4-10-21(23)29(33)34)27-15-22-25(35-3)13-8-14-26(22)36-27/h4-18H,1-3H3. The lowest BCUT2D eigenvalue weighted by Gasteiger charge is -2.08. The summed E-state index contributed by atoms with van der Waals surface area (Å²) in [5, 5.41) is 6.99. The number of fused-ring (bicyclic) bond motifs is 3. The van der Waals surface area contributed by atoms with Crippen LogP contribution in [0.3, 0.4) is 0 Å². The van der Waals surface area contributed by atoms with Gasteiger partial charge in [0.2, 0.25) is 5.82 Å². The first-order chi connectivity index (χ1) is 17.5. The monoisotopic (exact) mass is 476 g/mol. The first kappa shape index (κ1) is 21.9. The van der Waals surface area contributed by atoms with Crippen LogP contribution in [0.25, 0.3) is 44.4 Å². The molecular formula is C29H24N4O3. The summed E-state index contributed by atoms with van der Waals surface area (Å²) in [6, 6.07) is 23.1. The fourth-order valence-corrected chi connectivity index (χ4v) is 4.59. The maximum absolute atomic E-state index is 13.6. The van der Waals surface area contributed by atoms with Crippen LogP contribution in [0.1, 0.15) is 25.5 Å². The highest BCUT2D eigenvalue weighted by atomic mass is 16.5. The molecular weight excluding hydrogens is 452 g/mol. The van der Waals surface area contributed by atoms with Crippen LogP contribution in [0, 0.1) is 0 Å². The molecule has 6 rings (SSSR count). The Morgan fingerprint density at radius 2 is 1.75 bits per heavy atom. The molecule has 0 aliphatic carbocycles. The number of hydrogen-bond donors (Lipinski definition) is 0. The van der Waals surface area contributed by atoms with Gasteiger partial charge in [-0.3, -0.25) is 4.79 Å². The Balaban J connectivity index is 1.58. The summed E-state index contributed by atoms with van der Waals surface area (Å²) in [5.41, 5.74) is 2.97. The van der Waals surface area contributed by atoms with E-state index in [0.717, 1.165) is 21.9 Å². The van der Waals surface area contributed by atoms with Crippen LogP contribution in [-0.2, 0) is 0 Å². The number of ether oxygens (including phenoxy) is 1. The molecule has 7 nitrogen and oxygen atoms in total. The second-order valence-corrected chi connectivity index (χ2v) is 8.90. The molecule has 0 unspecified atom stereocenters. The van der Waals surface area contributed by atoms with Crippen molar-refractivity contribution in [1.82, 2.24) is 14.2 Å². The third-order valence-corrected chi connectivity index (χ3v) is 6.36. The lowest BCUT2D eigenvalue weighted by molar-refractivity contribution is 0.419. The summed E-state index contributed by atoms with van der Waals surface area (Å²) in [7, 11) is 1.61. The summed E-state index contributed by atoms with van der Waals surface area (Å²) in [6.45, 7) is 4.28. The van der Waals surface area contributed by atoms with Gasteiger partial charge in [-0.15, -0.1) is 0 Å². The van der Waals surface area contributed by atoms with Crippen molar-refractivity contribution in [3.63, 3.8) is 0 Å². The van der Waals surface area contributed by atoms with Crippen molar-refractivity contribution in [2.24, 2.45) is 5.10 Å². The van der Waals surface area contributed by atoms with E-state index in [-0.39, 0.29) is 11.6 Å². The molecule has 7 heteroatoms. The van der Waals surface area contributed by atoms with Crippen molar-refractivity contribution in [2.45, 2.75) is 19.9 Å². The first-order valence-corrected chi connectivity index (χ1v) is 11.8. The highest BCUT2D eigenvalue weighted by molar-refractivity contribution is 5.99. The van der Waals surface area contributed by atoms with Crippen molar-refractivity contribution in [2.75, 3.05) is 7.11 Å². The van der Waals surface area contributed by atoms with Gasteiger partial charge in [-0.2, -0.15) is 9.78 Å². The zero-order chi connectivity index (χ0) is 24.8. The van der Waals surface area contributed by atoms with Crippen LogP contribution in [0.2, 0.25) is 0 Å². The van der Waals surface area contributed by atoms with Crippen LogP contribution in [-0.4, -0.2) is 27.6 Å². The number of methoxy groups -OCH3 is 1. The Bertz CT molecular complexity index is 1840. The average molecular weight is 477 g/mol. The maximum Gasteiger partial charge on any atom is 0.282 e. The molecule has 6 aromatic rings. The van der Waals surface area contributed by atoms with Gasteiger partial charge in [-0.1, -0.05) is 36.4 Å². The zero-order valence-electron chi connectivity index (χ0n) is 20.2. The van der Waals surface area contributed by atoms with E-state index in [2.05, 4.69) is 41.8 Å². The minimum atomic E-state index is -0.271. The van der Waals surface area contributed by atoms with E-state index in [1.807, 2.05) is 54.6 Å². The lowest BCUT2D eigenvalue weighted by atomic mass is 10.2. The third kappa shape index (κ3) is 3.48. The molecule has 0 amide bonds. The van der Waals surface area contributed by atoms with Gasteiger partial charge in [0, 0.05) is 28.7 Å². The largest absolute Gasteiger partial charge is 0.496 e. The SMILES string of the molecule is COc1cccc2oc(-c3nc4ccccc4c(=O)n3N=Cc3cn(C(C)C)c4ccccc34)cc12. The Morgan fingerprint density at radius 1 is 0.972 bits per heavy atom. The van der Waals surface area contributed by atoms with Crippen molar-refractivity contribution in [3.05, 3.63) is 94.9 Å². The molecule has 3 aromatic carbocycles. The molecule has 0 aliphatic heterocycles. The molecule has 3 aromatic heterocycles. The van der Waals surface area contributed by atoms with Gasteiger partial charge < -0.3 is 13.7 Å². The molecule has 178 valence electrons. The van der Waals surface area contributed by atoms with Gasteiger partial charge in [-0.05, 0) is 50.2 Å². The highest BCUT2D eigenvalue weighted by Crippen LogP contribution is 2.33. The topological polar surface area (TPSA) is 74.6 Å². The van der Waals surface area contributed by atoms with Crippen LogP contribution >= 0.6 is 0 Å². The van der Waals surface area contributed by atoms with Crippen molar-refractivity contribution < 1.29 is 9.15 Å². The summed E-state index contributed by atoms with van der Waals surface area (Å²) in [5.74, 6) is 1.43. The maximum atomic E-state index is 13.6. The van der Waals surface area contributed by atoms with E-state index in [4.69, 9.17) is 14.1 Å². The van der Waals surface area contributed by atoms with Crippen LogP contribution < -0.4 is 10.3 Å². The molecule has 3 heterocycles. The molecule has 36 heavy (non-hydrogen) atoms. The first-order valence-electron chi connectivity index (χ1n) is 11.8. The van der Waals surface area contributed by atoms with Gasteiger partial charge in [0.1, 0.15) is 11.3 Å². The van der Waals surface area contributed by atoms with Crippen molar-refractivity contribution in [1.29, 1.82) is 0 Å². The average Bonchev–Trinajstić information content (AvgIpc) is 3.50. The summed E-state index contributed by atoms with van der Waals surface area (Å²) in [4.78, 5) is 18.4. The molecule has 0 radical (unpaired) electrons. The number of rotatable bonds is 5. The minimum Gasteiger partial charge on any atom is -0.496 e. The van der Waals surface area contributed by atoms with Gasteiger partial charge in [0.25, 0.3) is 5.56 Å². The number of hydrogen-bond acceptors (Lipinski definition) is 5. The van der Waals surface area contributed by atoms with Gasteiger partial charge in [-0.25, -0.2) is 4.98 Å². The molecule has 0 aliphatic rings. The second kappa shape index (κ2) is 8.53. The fraction of sp³-hybridized carbons (Fsp3) is 0.138. The molecule has 0 saturated heterocycles. The van der Waals surface area contributed by atoms with E-state index in [9.17, 15) is 4.79 Å². The predicted molar refractivity (Wildman–Crippen MR) is 143 cm³/mol. The van der Waals surface area contributed by atoms with E-state index < -0.39 is 0 Å². The van der Waals surface area contributed by atoms with Crippen molar-refractivity contribution >= 4 is 39.0 Å². The van der Waals surface area contributed by atoms with Gasteiger partial charge >= 0.3 is 0 Å². The highest BCUT2D eigenvalue weighted by Gasteiger charge is 2.18.